The summed E-state index contributed by atoms with van der Waals surface area (Å²) in [5.74, 6) is 0. The molecule has 0 saturated carbocycles. The molecule has 1 saturated heterocycles. The normalized spacial score (nSPS) is 22.9. The Bertz CT molecular complexity index is 471. The Morgan fingerprint density at radius 3 is 1.32 bits per heavy atom. The average Bonchev–Trinajstić information content (AvgIpc) is 2.87. The van der Waals surface area contributed by atoms with Gasteiger partial charge in [0.25, 0.3) is 0 Å². The van der Waals surface area contributed by atoms with Crippen LogP contribution in [0.3, 0.4) is 0 Å². The lowest BCUT2D eigenvalue weighted by atomic mass is 10.0. The molecule has 0 aromatic rings. The highest BCUT2D eigenvalue weighted by Crippen LogP contribution is 2.23. The summed E-state index contributed by atoms with van der Waals surface area (Å²) in [6.45, 7) is 6.19. The molecule has 0 radical (unpaired) electrons. The SMILES string of the molecule is CCCCCCCCCCCCCCCCCCCCCCCCC[C@@H](C)O[C@@H]1O[C@@H](C)[C@H](O)C[C@H]1O. The molecule has 1 aliphatic heterocycles. The summed E-state index contributed by atoms with van der Waals surface area (Å²) in [5.41, 5.74) is 0. The maximum atomic E-state index is 10.1. The summed E-state index contributed by atoms with van der Waals surface area (Å²) in [6, 6.07) is 0. The van der Waals surface area contributed by atoms with Crippen molar-refractivity contribution in [3.63, 3.8) is 0 Å². The van der Waals surface area contributed by atoms with Crippen molar-refractivity contribution in [1.29, 1.82) is 0 Å². The molecule has 1 fully saturated rings. The van der Waals surface area contributed by atoms with Crippen LogP contribution in [-0.2, 0) is 9.47 Å². The molecule has 0 unspecified atom stereocenters. The molecule has 37 heavy (non-hydrogen) atoms. The topological polar surface area (TPSA) is 58.9 Å². The Labute approximate surface area is 231 Å². The molecule has 222 valence electrons. The summed E-state index contributed by atoms with van der Waals surface area (Å²) < 4.78 is 11.5. The third-order valence-electron chi connectivity index (χ3n) is 8.27. The Morgan fingerprint density at radius 2 is 0.946 bits per heavy atom. The van der Waals surface area contributed by atoms with Crippen molar-refractivity contribution >= 4 is 0 Å². The maximum absolute atomic E-state index is 10.1. The Morgan fingerprint density at radius 1 is 0.595 bits per heavy atom. The molecule has 4 heteroatoms. The van der Waals surface area contributed by atoms with E-state index in [4.69, 9.17) is 9.47 Å². The first kappa shape index (κ1) is 34.9. The van der Waals surface area contributed by atoms with Gasteiger partial charge in [-0.15, -0.1) is 0 Å². The highest BCUT2D eigenvalue weighted by molar-refractivity contribution is 4.78. The lowest BCUT2D eigenvalue weighted by Crippen LogP contribution is -2.48. The molecule has 0 aromatic carbocycles. The van der Waals surface area contributed by atoms with Crippen molar-refractivity contribution in [1.82, 2.24) is 0 Å². The van der Waals surface area contributed by atoms with Crippen LogP contribution in [0.4, 0.5) is 0 Å². The van der Waals surface area contributed by atoms with Crippen LogP contribution >= 0.6 is 0 Å². The fourth-order valence-electron chi connectivity index (χ4n) is 5.58. The van der Waals surface area contributed by atoms with Gasteiger partial charge >= 0.3 is 0 Å². The molecule has 1 rings (SSSR count). The second-order valence-electron chi connectivity index (χ2n) is 12.1. The van der Waals surface area contributed by atoms with E-state index in [0.717, 1.165) is 6.42 Å². The molecule has 0 amide bonds. The Hall–Kier alpha value is -0.160. The summed E-state index contributed by atoms with van der Waals surface area (Å²) >= 11 is 0. The van der Waals surface area contributed by atoms with E-state index >= 15 is 0 Å². The van der Waals surface area contributed by atoms with Gasteiger partial charge in [-0.05, 0) is 20.3 Å². The number of hydrogen-bond acceptors (Lipinski definition) is 4. The first-order chi connectivity index (χ1) is 18.0. The molecule has 0 aliphatic carbocycles. The van der Waals surface area contributed by atoms with Crippen molar-refractivity contribution in [2.24, 2.45) is 0 Å². The van der Waals surface area contributed by atoms with Crippen LogP contribution in [0.5, 0.6) is 0 Å². The monoisotopic (exact) mass is 526 g/mol. The lowest BCUT2D eigenvalue weighted by molar-refractivity contribution is -0.273. The summed E-state index contributed by atoms with van der Waals surface area (Å²) in [4.78, 5) is 0. The molecular formula is C33H66O4. The van der Waals surface area contributed by atoms with Gasteiger partial charge in [0.05, 0.1) is 18.3 Å². The predicted octanol–water partition coefficient (Wildman–Crippen LogP) is 9.63. The summed E-state index contributed by atoms with van der Waals surface area (Å²) in [7, 11) is 0. The fraction of sp³-hybridized carbons (Fsp3) is 1.00. The van der Waals surface area contributed by atoms with E-state index in [1.807, 2.05) is 6.92 Å². The van der Waals surface area contributed by atoms with Crippen LogP contribution < -0.4 is 0 Å². The molecular weight excluding hydrogens is 460 g/mol. The zero-order valence-electron chi connectivity index (χ0n) is 25.3. The van der Waals surface area contributed by atoms with Gasteiger partial charge in [0.2, 0.25) is 0 Å². The van der Waals surface area contributed by atoms with Crippen molar-refractivity contribution in [3.05, 3.63) is 0 Å². The van der Waals surface area contributed by atoms with Crippen LogP contribution in [-0.4, -0.2) is 40.9 Å². The van der Waals surface area contributed by atoms with Crippen molar-refractivity contribution in [2.45, 2.75) is 212 Å². The largest absolute Gasteiger partial charge is 0.390 e. The second-order valence-corrected chi connectivity index (χ2v) is 12.1. The molecule has 2 N–H and O–H groups in total. The number of hydrogen-bond donors (Lipinski definition) is 2. The number of ether oxygens (including phenoxy) is 2. The number of aliphatic hydroxyl groups is 2. The quantitative estimate of drug-likeness (QED) is 0.110. The van der Waals surface area contributed by atoms with Crippen molar-refractivity contribution in [2.75, 3.05) is 0 Å². The standard InChI is InChI=1S/C33H66O4/c1-4-5-6-7-8-9-10-11-12-13-14-15-16-17-18-19-20-21-22-23-24-25-26-27-29(2)36-33-32(35)28-31(34)30(3)37-33/h29-35H,4-28H2,1-3H3/t29-,30+,31-,32-,33-/m1/s1. The van der Waals surface area contributed by atoms with Crippen LogP contribution in [0.25, 0.3) is 0 Å². The fourth-order valence-corrected chi connectivity index (χ4v) is 5.58. The van der Waals surface area contributed by atoms with E-state index in [2.05, 4.69) is 13.8 Å². The third-order valence-corrected chi connectivity index (χ3v) is 8.27. The zero-order valence-corrected chi connectivity index (χ0v) is 25.3. The molecule has 4 nitrogen and oxygen atoms in total. The molecule has 1 aliphatic rings. The number of aliphatic hydroxyl groups excluding tert-OH is 2. The first-order valence-corrected chi connectivity index (χ1v) is 16.7. The Balaban J connectivity index is 1.74. The van der Waals surface area contributed by atoms with E-state index < -0.39 is 18.5 Å². The summed E-state index contributed by atoms with van der Waals surface area (Å²) in [5, 5.41) is 19.8. The highest BCUT2D eigenvalue weighted by atomic mass is 16.7. The minimum absolute atomic E-state index is 0.0806. The van der Waals surface area contributed by atoms with Gasteiger partial charge in [0.15, 0.2) is 6.29 Å². The van der Waals surface area contributed by atoms with Gasteiger partial charge in [-0.25, -0.2) is 0 Å². The van der Waals surface area contributed by atoms with Crippen molar-refractivity contribution in [3.8, 4) is 0 Å². The molecule has 0 bridgehead atoms. The van der Waals surface area contributed by atoms with E-state index in [-0.39, 0.29) is 12.2 Å². The van der Waals surface area contributed by atoms with Crippen LogP contribution in [0, 0.1) is 0 Å². The second kappa shape index (κ2) is 24.9. The molecule has 0 spiro atoms. The third kappa shape index (κ3) is 20.4. The molecule has 0 aromatic heterocycles. The van der Waals surface area contributed by atoms with Crippen LogP contribution in [0.1, 0.15) is 181 Å². The smallest absolute Gasteiger partial charge is 0.184 e. The summed E-state index contributed by atoms with van der Waals surface area (Å²) in [6.07, 6.45) is 31.7. The van der Waals surface area contributed by atoms with E-state index in [9.17, 15) is 10.2 Å². The maximum Gasteiger partial charge on any atom is 0.184 e. The predicted molar refractivity (Wildman–Crippen MR) is 158 cm³/mol. The minimum Gasteiger partial charge on any atom is -0.390 e. The van der Waals surface area contributed by atoms with Crippen LogP contribution in [0.2, 0.25) is 0 Å². The van der Waals surface area contributed by atoms with E-state index in [0.29, 0.717) is 6.42 Å². The van der Waals surface area contributed by atoms with Gasteiger partial charge < -0.3 is 19.7 Å². The number of rotatable bonds is 26. The first-order valence-electron chi connectivity index (χ1n) is 16.7. The van der Waals surface area contributed by atoms with E-state index in [1.165, 1.54) is 148 Å². The Kier molecular flexibility index (Phi) is 23.4. The van der Waals surface area contributed by atoms with Gasteiger partial charge in [0, 0.05) is 6.42 Å². The zero-order chi connectivity index (χ0) is 27.0. The van der Waals surface area contributed by atoms with E-state index in [1.54, 1.807) is 0 Å². The van der Waals surface area contributed by atoms with Gasteiger partial charge in [0.1, 0.15) is 6.10 Å². The van der Waals surface area contributed by atoms with Crippen LogP contribution in [0.15, 0.2) is 0 Å². The van der Waals surface area contributed by atoms with Gasteiger partial charge in [-0.3, -0.25) is 0 Å². The average molecular weight is 527 g/mol. The minimum atomic E-state index is -0.733. The molecule has 1 heterocycles. The lowest BCUT2D eigenvalue weighted by Gasteiger charge is -2.36. The van der Waals surface area contributed by atoms with Gasteiger partial charge in [-0.1, -0.05) is 155 Å². The highest BCUT2D eigenvalue weighted by Gasteiger charge is 2.35. The number of unbranched alkanes of at least 4 members (excludes halogenated alkanes) is 22. The van der Waals surface area contributed by atoms with Crippen molar-refractivity contribution < 1.29 is 19.7 Å². The van der Waals surface area contributed by atoms with Gasteiger partial charge in [-0.2, -0.15) is 0 Å². The molecule has 5 atom stereocenters.